The fraction of sp³-hybridized carbons (Fsp3) is 0.500. The van der Waals surface area contributed by atoms with E-state index in [2.05, 4.69) is 11.4 Å². The second-order valence-corrected chi connectivity index (χ2v) is 5.41. The first-order chi connectivity index (χ1) is 9.15. The molecule has 1 saturated carbocycles. The van der Waals surface area contributed by atoms with E-state index < -0.39 is 5.54 Å². The fourth-order valence-electron chi connectivity index (χ4n) is 2.71. The highest BCUT2D eigenvalue weighted by atomic mass is 16.1. The minimum atomic E-state index is -0.627. The molecule has 1 aliphatic rings. The van der Waals surface area contributed by atoms with Crippen LogP contribution in [-0.4, -0.2) is 11.4 Å². The molecule has 0 aromatic heterocycles. The predicted octanol–water partition coefficient (Wildman–Crippen LogP) is 2.88. The lowest BCUT2D eigenvalue weighted by molar-refractivity contribution is -0.122. The minimum absolute atomic E-state index is 0.0437. The predicted molar refractivity (Wildman–Crippen MR) is 74.5 cm³/mol. The monoisotopic (exact) mass is 256 g/mol. The number of nitriles is 1. The van der Waals surface area contributed by atoms with Crippen molar-refractivity contribution in [2.24, 2.45) is 0 Å². The molecule has 0 heterocycles. The summed E-state index contributed by atoms with van der Waals surface area (Å²) in [6, 6.07) is 10.2. The number of hydrogen-bond acceptors (Lipinski definition) is 2. The molecule has 0 aliphatic heterocycles. The molecular formula is C16H20N2O. The molecule has 0 radical (unpaired) electrons. The van der Waals surface area contributed by atoms with Crippen LogP contribution in [0.1, 0.15) is 43.2 Å². The minimum Gasteiger partial charge on any atom is -0.338 e. The number of hydrogen-bond donors (Lipinski definition) is 1. The summed E-state index contributed by atoms with van der Waals surface area (Å²) in [6.07, 6.45) is 5.13. The Morgan fingerprint density at radius 3 is 2.63 bits per heavy atom. The molecule has 3 nitrogen and oxygen atoms in total. The molecule has 0 atom stereocenters. The Balaban J connectivity index is 2.01. The van der Waals surface area contributed by atoms with E-state index >= 15 is 0 Å². The number of carbonyl (C=O) groups excluding carboxylic acids is 1. The molecule has 1 amide bonds. The maximum absolute atomic E-state index is 12.1. The summed E-state index contributed by atoms with van der Waals surface area (Å²) in [7, 11) is 0. The lowest BCUT2D eigenvalue weighted by Crippen LogP contribution is -2.49. The molecule has 1 N–H and O–H groups in total. The molecule has 1 aromatic rings. The van der Waals surface area contributed by atoms with E-state index in [1.165, 1.54) is 0 Å². The van der Waals surface area contributed by atoms with Crippen LogP contribution in [-0.2, 0) is 11.2 Å². The van der Waals surface area contributed by atoms with Gasteiger partial charge in [0.15, 0.2) is 0 Å². The van der Waals surface area contributed by atoms with Crippen LogP contribution in [0.2, 0.25) is 0 Å². The van der Waals surface area contributed by atoms with Crippen molar-refractivity contribution in [1.29, 1.82) is 5.26 Å². The van der Waals surface area contributed by atoms with Crippen molar-refractivity contribution in [3.05, 3.63) is 35.4 Å². The van der Waals surface area contributed by atoms with Gasteiger partial charge in [-0.3, -0.25) is 4.79 Å². The maximum atomic E-state index is 12.1. The van der Waals surface area contributed by atoms with Crippen LogP contribution in [0.4, 0.5) is 0 Å². The van der Waals surface area contributed by atoms with Gasteiger partial charge in [0.25, 0.3) is 0 Å². The highest BCUT2D eigenvalue weighted by molar-refractivity contribution is 5.80. The molecule has 1 aromatic carbocycles. The molecule has 1 aliphatic carbocycles. The number of carbonyl (C=O) groups is 1. The van der Waals surface area contributed by atoms with Gasteiger partial charge in [-0.15, -0.1) is 0 Å². The highest BCUT2D eigenvalue weighted by Gasteiger charge is 2.33. The molecule has 1 fully saturated rings. The average molecular weight is 256 g/mol. The Kier molecular flexibility index (Phi) is 4.21. The van der Waals surface area contributed by atoms with Gasteiger partial charge in [-0.1, -0.05) is 43.5 Å². The highest BCUT2D eigenvalue weighted by Crippen LogP contribution is 2.27. The standard InChI is InChI=1S/C16H20N2O/c1-13-7-3-4-8-14(13)11-15(19)18-16(12-17)9-5-2-6-10-16/h3-4,7-8H,2,5-6,9-11H2,1H3,(H,18,19). The van der Waals surface area contributed by atoms with Gasteiger partial charge in [0.2, 0.25) is 5.91 Å². The summed E-state index contributed by atoms with van der Waals surface area (Å²) in [5, 5.41) is 12.3. The number of nitrogens with zero attached hydrogens (tertiary/aromatic N) is 1. The zero-order valence-corrected chi connectivity index (χ0v) is 11.4. The molecule has 19 heavy (non-hydrogen) atoms. The van der Waals surface area contributed by atoms with Crippen LogP contribution in [0.3, 0.4) is 0 Å². The molecule has 0 spiro atoms. The number of amides is 1. The molecule has 0 saturated heterocycles. The van der Waals surface area contributed by atoms with Crippen molar-refractivity contribution in [2.75, 3.05) is 0 Å². The van der Waals surface area contributed by atoms with Crippen LogP contribution in [0.5, 0.6) is 0 Å². The third-order valence-electron chi connectivity index (χ3n) is 3.91. The molecule has 2 rings (SSSR count). The topological polar surface area (TPSA) is 52.9 Å². The SMILES string of the molecule is Cc1ccccc1CC(=O)NC1(C#N)CCCCC1. The van der Waals surface area contributed by atoms with Crippen molar-refractivity contribution in [3.8, 4) is 6.07 Å². The smallest absolute Gasteiger partial charge is 0.225 e. The normalized spacial score (nSPS) is 17.5. The van der Waals surface area contributed by atoms with Crippen molar-refractivity contribution < 1.29 is 4.79 Å². The first-order valence-corrected chi connectivity index (χ1v) is 6.92. The lowest BCUT2D eigenvalue weighted by Gasteiger charge is -2.31. The summed E-state index contributed by atoms with van der Waals surface area (Å²) in [5.74, 6) is -0.0437. The summed E-state index contributed by atoms with van der Waals surface area (Å²) < 4.78 is 0. The molecular weight excluding hydrogens is 236 g/mol. The van der Waals surface area contributed by atoms with Crippen LogP contribution in [0, 0.1) is 18.3 Å². The second-order valence-electron chi connectivity index (χ2n) is 5.41. The number of aryl methyl sites for hydroxylation is 1. The van der Waals surface area contributed by atoms with Crippen molar-refractivity contribution in [3.63, 3.8) is 0 Å². The Bertz CT molecular complexity index is 496. The summed E-state index contributed by atoms with van der Waals surface area (Å²) >= 11 is 0. The van der Waals surface area contributed by atoms with Crippen molar-refractivity contribution >= 4 is 5.91 Å². The van der Waals surface area contributed by atoms with E-state index in [4.69, 9.17) is 0 Å². The average Bonchev–Trinajstić information content (AvgIpc) is 2.42. The number of nitrogens with one attached hydrogen (secondary N) is 1. The number of rotatable bonds is 3. The largest absolute Gasteiger partial charge is 0.338 e. The van der Waals surface area contributed by atoms with E-state index in [0.29, 0.717) is 6.42 Å². The van der Waals surface area contributed by atoms with Crippen molar-refractivity contribution in [1.82, 2.24) is 5.32 Å². The van der Waals surface area contributed by atoms with Gasteiger partial charge in [0.1, 0.15) is 5.54 Å². The van der Waals surface area contributed by atoms with Crippen molar-refractivity contribution in [2.45, 2.75) is 51.0 Å². The zero-order valence-electron chi connectivity index (χ0n) is 11.4. The van der Waals surface area contributed by atoms with E-state index in [1.54, 1.807) is 0 Å². The molecule has 0 bridgehead atoms. The fourth-order valence-corrected chi connectivity index (χ4v) is 2.71. The lowest BCUT2D eigenvalue weighted by atomic mass is 9.82. The van der Waals surface area contributed by atoms with Gasteiger partial charge in [-0.2, -0.15) is 5.26 Å². The Morgan fingerprint density at radius 2 is 2.00 bits per heavy atom. The third kappa shape index (κ3) is 3.35. The maximum Gasteiger partial charge on any atom is 0.225 e. The number of benzene rings is 1. The molecule has 0 unspecified atom stereocenters. The van der Waals surface area contributed by atoms with E-state index in [1.807, 2.05) is 31.2 Å². The summed E-state index contributed by atoms with van der Waals surface area (Å²) in [6.45, 7) is 2.00. The van der Waals surface area contributed by atoms with Gasteiger partial charge in [-0.25, -0.2) is 0 Å². The molecule has 3 heteroatoms. The van der Waals surface area contributed by atoms with Crippen LogP contribution >= 0.6 is 0 Å². The van der Waals surface area contributed by atoms with Crippen LogP contribution < -0.4 is 5.32 Å². The van der Waals surface area contributed by atoms with Gasteiger partial charge in [-0.05, 0) is 30.9 Å². The Morgan fingerprint density at radius 1 is 1.32 bits per heavy atom. The van der Waals surface area contributed by atoms with Crippen LogP contribution in [0.25, 0.3) is 0 Å². The van der Waals surface area contributed by atoms with Gasteiger partial charge in [0.05, 0.1) is 12.5 Å². The summed E-state index contributed by atoms with van der Waals surface area (Å²) in [4.78, 5) is 12.1. The quantitative estimate of drug-likeness (QED) is 0.904. The Hall–Kier alpha value is -1.82. The van der Waals surface area contributed by atoms with Crippen LogP contribution in [0.15, 0.2) is 24.3 Å². The van der Waals surface area contributed by atoms with E-state index in [0.717, 1.165) is 43.2 Å². The van der Waals surface area contributed by atoms with Gasteiger partial charge in [0, 0.05) is 0 Å². The first kappa shape index (κ1) is 13.6. The van der Waals surface area contributed by atoms with E-state index in [-0.39, 0.29) is 5.91 Å². The first-order valence-electron chi connectivity index (χ1n) is 6.92. The van der Waals surface area contributed by atoms with Gasteiger partial charge < -0.3 is 5.32 Å². The Labute approximate surface area is 114 Å². The third-order valence-corrected chi connectivity index (χ3v) is 3.91. The van der Waals surface area contributed by atoms with E-state index in [9.17, 15) is 10.1 Å². The second kappa shape index (κ2) is 5.88. The summed E-state index contributed by atoms with van der Waals surface area (Å²) in [5.41, 5.74) is 1.52. The van der Waals surface area contributed by atoms with Gasteiger partial charge >= 0.3 is 0 Å². The molecule has 100 valence electrons. The zero-order chi connectivity index (χ0) is 13.7.